The Morgan fingerprint density at radius 1 is 1.04 bits per heavy atom. The highest BCUT2D eigenvalue weighted by molar-refractivity contribution is 7.90. The molecule has 0 atom stereocenters. The molecule has 2 amide bonds. The molecular formula is C19H22N2O5S. The molecule has 0 saturated carbocycles. The molecule has 0 unspecified atom stereocenters. The first-order valence-electron chi connectivity index (χ1n) is 8.18. The van der Waals surface area contributed by atoms with Gasteiger partial charge in [0.2, 0.25) is 5.91 Å². The van der Waals surface area contributed by atoms with Gasteiger partial charge in [-0.1, -0.05) is 17.7 Å². The van der Waals surface area contributed by atoms with Gasteiger partial charge in [0.25, 0.3) is 5.91 Å². The normalized spacial score (nSPS) is 10.9. The summed E-state index contributed by atoms with van der Waals surface area (Å²) in [7, 11) is -1.77. The van der Waals surface area contributed by atoms with Crippen molar-refractivity contribution in [3.05, 3.63) is 54.1 Å². The molecule has 0 aliphatic carbocycles. The average molecular weight is 390 g/mol. The van der Waals surface area contributed by atoms with Crippen LogP contribution < -0.4 is 10.1 Å². The molecule has 0 bridgehead atoms. The van der Waals surface area contributed by atoms with Crippen molar-refractivity contribution in [2.45, 2.75) is 11.8 Å². The van der Waals surface area contributed by atoms with E-state index in [1.807, 2.05) is 19.1 Å². The van der Waals surface area contributed by atoms with Gasteiger partial charge in [0.05, 0.1) is 11.4 Å². The Labute approximate surface area is 158 Å². The number of nitrogens with zero attached hydrogens (tertiary/aromatic N) is 1. The first kappa shape index (κ1) is 20.4. The quantitative estimate of drug-likeness (QED) is 0.779. The topological polar surface area (TPSA) is 92.8 Å². The van der Waals surface area contributed by atoms with Crippen molar-refractivity contribution in [3.8, 4) is 5.75 Å². The standard InChI is InChI=1S/C19H22N2O5S/c1-14-4-6-15(7-5-14)20-18(22)12-21(2)19(23)13-26-16-8-10-17(11-9-16)27(3,24)25/h4-11H,12-13H2,1-3H3,(H,20,22). The first-order chi connectivity index (χ1) is 12.6. The highest BCUT2D eigenvalue weighted by Crippen LogP contribution is 2.15. The number of amides is 2. The van der Waals surface area contributed by atoms with E-state index < -0.39 is 9.84 Å². The Kier molecular flexibility index (Phi) is 6.57. The zero-order valence-electron chi connectivity index (χ0n) is 15.4. The third-order valence-electron chi connectivity index (χ3n) is 3.76. The third-order valence-corrected chi connectivity index (χ3v) is 4.88. The molecule has 0 fully saturated rings. The van der Waals surface area contributed by atoms with Crippen LogP contribution in [0.1, 0.15) is 5.56 Å². The predicted octanol–water partition coefficient (Wildman–Crippen LogP) is 1.87. The summed E-state index contributed by atoms with van der Waals surface area (Å²) in [5.41, 5.74) is 1.75. The van der Waals surface area contributed by atoms with Gasteiger partial charge in [-0.3, -0.25) is 9.59 Å². The Morgan fingerprint density at radius 2 is 1.63 bits per heavy atom. The van der Waals surface area contributed by atoms with E-state index in [-0.39, 0.29) is 29.9 Å². The second-order valence-electron chi connectivity index (χ2n) is 6.20. The molecule has 0 aliphatic rings. The fourth-order valence-electron chi connectivity index (χ4n) is 2.18. The van der Waals surface area contributed by atoms with Crippen LogP contribution in [0, 0.1) is 6.92 Å². The number of aryl methyl sites for hydroxylation is 1. The number of carbonyl (C=O) groups is 2. The summed E-state index contributed by atoms with van der Waals surface area (Å²) in [6.45, 7) is 1.59. The van der Waals surface area contributed by atoms with E-state index in [1.54, 1.807) is 12.1 Å². The van der Waals surface area contributed by atoms with E-state index in [0.29, 0.717) is 11.4 Å². The molecule has 1 N–H and O–H groups in total. The molecule has 0 aromatic heterocycles. The molecule has 7 nitrogen and oxygen atoms in total. The molecular weight excluding hydrogens is 368 g/mol. The number of anilines is 1. The van der Waals surface area contributed by atoms with Crippen LogP contribution in [0.3, 0.4) is 0 Å². The fourth-order valence-corrected chi connectivity index (χ4v) is 2.81. The Bertz CT molecular complexity index is 906. The van der Waals surface area contributed by atoms with Crippen LogP contribution >= 0.6 is 0 Å². The maximum Gasteiger partial charge on any atom is 0.260 e. The van der Waals surface area contributed by atoms with Gasteiger partial charge in [-0.05, 0) is 43.3 Å². The second kappa shape index (κ2) is 8.68. The molecule has 144 valence electrons. The largest absolute Gasteiger partial charge is 0.484 e. The highest BCUT2D eigenvalue weighted by Gasteiger charge is 2.14. The van der Waals surface area contributed by atoms with Crippen molar-refractivity contribution in [2.24, 2.45) is 0 Å². The van der Waals surface area contributed by atoms with E-state index >= 15 is 0 Å². The summed E-state index contributed by atoms with van der Waals surface area (Å²) in [6, 6.07) is 13.1. The lowest BCUT2D eigenvalue weighted by atomic mass is 10.2. The van der Waals surface area contributed by atoms with E-state index in [9.17, 15) is 18.0 Å². The number of carbonyl (C=O) groups excluding carboxylic acids is 2. The van der Waals surface area contributed by atoms with Crippen molar-refractivity contribution in [1.82, 2.24) is 4.90 Å². The predicted molar refractivity (Wildman–Crippen MR) is 102 cm³/mol. The minimum absolute atomic E-state index is 0.108. The summed E-state index contributed by atoms with van der Waals surface area (Å²) in [6.07, 6.45) is 1.11. The number of benzene rings is 2. The van der Waals surface area contributed by atoms with Crippen molar-refractivity contribution >= 4 is 27.3 Å². The third kappa shape index (κ3) is 6.41. The van der Waals surface area contributed by atoms with Crippen molar-refractivity contribution in [1.29, 1.82) is 0 Å². The number of hydrogen-bond acceptors (Lipinski definition) is 5. The first-order valence-corrected chi connectivity index (χ1v) is 10.1. The Morgan fingerprint density at radius 3 is 2.19 bits per heavy atom. The number of nitrogens with one attached hydrogen (secondary N) is 1. The minimum Gasteiger partial charge on any atom is -0.484 e. The zero-order valence-corrected chi connectivity index (χ0v) is 16.2. The SMILES string of the molecule is Cc1ccc(NC(=O)CN(C)C(=O)COc2ccc(S(C)(=O)=O)cc2)cc1. The maximum absolute atomic E-state index is 12.1. The van der Waals surface area contributed by atoms with Gasteiger partial charge in [0.1, 0.15) is 5.75 Å². The second-order valence-corrected chi connectivity index (χ2v) is 8.21. The lowest BCUT2D eigenvalue weighted by molar-refractivity contribution is -0.135. The zero-order chi connectivity index (χ0) is 20.0. The molecule has 0 saturated heterocycles. The molecule has 0 aliphatic heterocycles. The van der Waals surface area contributed by atoms with Gasteiger partial charge in [0.15, 0.2) is 16.4 Å². The van der Waals surface area contributed by atoms with Crippen molar-refractivity contribution in [3.63, 3.8) is 0 Å². The number of rotatable bonds is 7. The van der Waals surface area contributed by atoms with Crippen LogP contribution in [-0.4, -0.2) is 51.6 Å². The van der Waals surface area contributed by atoms with Crippen LogP contribution in [0.15, 0.2) is 53.4 Å². The van der Waals surface area contributed by atoms with Gasteiger partial charge in [0, 0.05) is 19.0 Å². The molecule has 2 aromatic rings. The maximum atomic E-state index is 12.1. The monoisotopic (exact) mass is 390 g/mol. The molecule has 2 aromatic carbocycles. The summed E-state index contributed by atoms with van der Waals surface area (Å²) < 4.78 is 28.2. The lowest BCUT2D eigenvalue weighted by Gasteiger charge is -2.17. The van der Waals surface area contributed by atoms with Crippen LogP contribution in [-0.2, 0) is 19.4 Å². The van der Waals surface area contributed by atoms with E-state index in [2.05, 4.69) is 5.32 Å². The van der Waals surface area contributed by atoms with E-state index in [0.717, 1.165) is 11.8 Å². The summed E-state index contributed by atoms with van der Waals surface area (Å²) in [5, 5.41) is 2.72. The summed E-state index contributed by atoms with van der Waals surface area (Å²) in [5.74, 6) is -0.318. The van der Waals surface area contributed by atoms with Crippen LogP contribution in [0.2, 0.25) is 0 Å². The lowest BCUT2D eigenvalue weighted by Crippen LogP contribution is -2.37. The Balaban J connectivity index is 1.82. The van der Waals surface area contributed by atoms with Crippen molar-refractivity contribution < 1.29 is 22.7 Å². The number of hydrogen-bond donors (Lipinski definition) is 1. The van der Waals surface area contributed by atoms with Gasteiger partial charge in [-0.15, -0.1) is 0 Å². The number of sulfone groups is 1. The van der Waals surface area contributed by atoms with Gasteiger partial charge >= 0.3 is 0 Å². The van der Waals surface area contributed by atoms with E-state index in [1.165, 1.54) is 36.2 Å². The van der Waals surface area contributed by atoms with Crippen LogP contribution in [0.5, 0.6) is 5.75 Å². The number of ether oxygens (including phenoxy) is 1. The van der Waals surface area contributed by atoms with E-state index in [4.69, 9.17) is 4.74 Å². The minimum atomic E-state index is -3.28. The average Bonchev–Trinajstić information content (AvgIpc) is 2.61. The molecule has 2 rings (SSSR count). The fraction of sp³-hybridized carbons (Fsp3) is 0.263. The van der Waals surface area contributed by atoms with Gasteiger partial charge < -0.3 is 15.0 Å². The number of likely N-dealkylation sites (N-methyl/N-ethyl adjacent to an activating group) is 1. The summed E-state index contributed by atoms with van der Waals surface area (Å²) >= 11 is 0. The Hall–Kier alpha value is -2.87. The van der Waals surface area contributed by atoms with Crippen molar-refractivity contribution in [2.75, 3.05) is 31.8 Å². The molecule has 0 spiro atoms. The summed E-state index contributed by atoms with van der Waals surface area (Å²) in [4.78, 5) is 25.5. The van der Waals surface area contributed by atoms with Gasteiger partial charge in [-0.25, -0.2) is 8.42 Å². The van der Waals surface area contributed by atoms with Gasteiger partial charge in [-0.2, -0.15) is 0 Å². The molecule has 0 heterocycles. The smallest absolute Gasteiger partial charge is 0.260 e. The molecule has 0 radical (unpaired) electrons. The molecule has 27 heavy (non-hydrogen) atoms. The van der Waals surface area contributed by atoms with Crippen LogP contribution in [0.4, 0.5) is 5.69 Å². The van der Waals surface area contributed by atoms with Crippen LogP contribution in [0.25, 0.3) is 0 Å². The molecule has 8 heteroatoms. The highest BCUT2D eigenvalue weighted by atomic mass is 32.2.